The zero-order chi connectivity index (χ0) is 9.90. The van der Waals surface area contributed by atoms with Gasteiger partial charge in [0.05, 0.1) is 19.2 Å². The van der Waals surface area contributed by atoms with Crippen LogP contribution >= 0.6 is 12.4 Å². The van der Waals surface area contributed by atoms with Gasteiger partial charge in [-0.1, -0.05) is 12.1 Å². The van der Waals surface area contributed by atoms with E-state index in [1.54, 1.807) is 6.07 Å². The molecule has 14 heavy (non-hydrogen) atoms. The van der Waals surface area contributed by atoms with E-state index < -0.39 is 12.5 Å². The number of alkyl halides is 2. The van der Waals surface area contributed by atoms with Gasteiger partial charge in [0, 0.05) is 0 Å². The molecule has 1 aromatic rings. The van der Waals surface area contributed by atoms with Gasteiger partial charge >= 0.3 is 0 Å². The first-order valence-corrected chi connectivity index (χ1v) is 3.83. The van der Waals surface area contributed by atoms with Crippen LogP contribution in [0.25, 0.3) is 0 Å². The Bertz CT molecular complexity index is 294. The van der Waals surface area contributed by atoms with E-state index in [1.807, 2.05) is 0 Å². The Kier molecular flexibility index (Phi) is 4.80. The smallest absolute Gasteiger partial charge is 0.288 e. The molecule has 0 unspecified atom stereocenters. The molecule has 2 N–H and O–H groups in total. The van der Waals surface area contributed by atoms with Crippen LogP contribution in [0, 0.1) is 0 Å². The van der Waals surface area contributed by atoms with E-state index in [4.69, 9.17) is 10.5 Å². The Morgan fingerprint density at radius 2 is 1.93 bits per heavy atom. The minimum absolute atomic E-state index is 0. The van der Waals surface area contributed by atoms with Crippen LogP contribution in [0.15, 0.2) is 24.3 Å². The molecule has 0 aliphatic rings. The summed E-state index contributed by atoms with van der Waals surface area (Å²) in [4.78, 5) is 0. The Balaban J connectivity index is 0.00000169. The van der Waals surface area contributed by atoms with Gasteiger partial charge in [0.2, 0.25) is 0 Å². The SMILES string of the molecule is COc1ccccc1C(F)(F)CN.Cl. The van der Waals surface area contributed by atoms with Crippen LogP contribution in [0.3, 0.4) is 0 Å². The molecule has 1 aromatic carbocycles. The van der Waals surface area contributed by atoms with Crippen LogP contribution in [0.1, 0.15) is 5.56 Å². The summed E-state index contributed by atoms with van der Waals surface area (Å²) in [6.45, 7) is -0.715. The van der Waals surface area contributed by atoms with Crippen molar-refractivity contribution in [1.29, 1.82) is 0 Å². The molecule has 0 fully saturated rings. The maximum atomic E-state index is 13.1. The molecule has 5 heteroatoms. The van der Waals surface area contributed by atoms with Gasteiger partial charge in [-0.3, -0.25) is 0 Å². The zero-order valence-electron chi connectivity index (χ0n) is 7.67. The first-order valence-electron chi connectivity index (χ1n) is 3.83. The number of para-hydroxylation sites is 1. The second-order valence-corrected chi connectivity index (χ2v) is 2.61. The summed E-state index contributed by atoms with van der Waals surface area (Å²) >= 11 is 0. The average molecular weight is 224 g/mol. The standard InChI is InChI=1S/C9H11F2NO.ClH/c1-13-8-5-3-2-4-7(8)9(10,11)6-12;/h2-5H,6,12H2,1H3;1H. The molecule has 0 heterocycles. The van der Waals surface area contributed by atoms with E-state index in [-0.39, 0.29) is 23.7 Å². The van der Waals surface area contributed by atoms with E-state index in [0.29, 0.717) is 0 Å². The first-order chi connectivity index (χ1) is 6.11. The van der Waals surface area contributed by atoms with E-state index in [0.717, 1.165) is 0 Å². The average Bonchev–Trinajstić information content (AvgIpc) is 2.18. The fourth-order valence-electron chi connectivity index (χ4n) is 1.06. The molecule has 0 saturated carbocycles. The Labute approximate surface area is 87.5 Å². The highest BCUT2D eigenvalue weighted by atomic mass is 35.5. The van der Waals surface area contributed by atoms with Crippen molar-refractivity contribution < 1.29 is 13.5 Å². The van der Waals surface area contributed by atoms with E-state index >= 15 is 0 Å². The third-order valence-corrected chi connectivity index (χ3v) is 1.76. The second kappa shape index (κ2) is 5.12. The van der Waals surface area contributed by atoms with Crippen LogP contribution in [0.4, 0.5) is 8.78 Å². The summed E-state index contributed by atoms with van der Waals surface area (Å²) in [6, 6.07) is 5.96. The van der Waals surface area contributed by atoms with E-state index in [1.165, 1.54) is 25.3 Å². The minimum Gasteiger partial charge on any atom is -0.496 e. The summed E-state index contributed by atoms with van der Waals surface area (Å²) < 4.78 is 31.1. The number of methoxy groups -OCH3 is 1. The van der Waals surface area contributed by atoms with Crippen LogP contribution < -0.4 is 10.5 Å². The number of rotatable bonds is 3. The maximum Gasteiger partial charge on any atom is 0.288 e. The monoisotopic (exact) mass is 223 g/mol. The molecule has 0 aromatic heterocycles. The summed E-state index contributed by atoms with van der Waals surface area (Å²) in [6.07, 6.45) is 0. The van der Waals surface area contributed by atoms with E-state index in [9.17, 15) is 8.78 Å². The van der Waals surface area contributed by atoms with Gasteiger partial charge in [0.1, 0.15) is 5.75 Å². The van der Waals surface area contributed by atoms with Crippen molar-refractivity contribution in [2.24, 2.45) is 5.73 Å². The van der Waals surface area contributed by atoms with Gasteiger partial charge in [-0.05, 0) is 12.1 Å². The topological polar surface area (TPSA) is 35.2 Å². The number of nitrogens with two attached hydrogens (primary N) is 1. The predicted molar refractivity (Wildman–Crippen MR) is 53.2 cm³/mol. The molecular formula is C9H12ClF2NO. The summed E-state index contributed by atoms with van der Waals surface area (Å²) in [5.41, 5.74) is 4.79. The number of ether oxygens (including phenoxy) is 1. The van der Waals surface area contributed by atoms with Crippen LogP contribution in [0.2, 0.25) is 0 Å². The van der Waals surface area contributed by atoms with Gasteiger partial charge in [-0.15, -0.1) is 12.4 Å². The third-order valence-electron chi connectivity index (χ3n) is 1.76. The lowest BCUT2D eigenvalue weighted by molar-refractivity contribution is 0.00370. The van der Waals surface area contributed by atoms with Crippen molar-refractivity contribution in [3.63, 3.8) is 0 Å². The number of hydrogen-bond acceptors (Lipinski definition) is 2. The Morgan fingerprint density at radius 3 is 2.43 bits per heavy atom. The molecule has 0 saturated heterocycles. The van der Waals surface area contributed by atoms with Crippen molar-refractivity contribution in [1.82, 2.24) is 0 Å². The summed E-state index contributed by atoms with van der Waals surface area (Å²) in [7, 11) is 1.35. The molecule has 0 aliphatic heterocycles. The van der Waals surface area contributed by atoms with Crippen molar-refractivity contribution in [3.8, 4) is 5.75 Å². The largest absolute Gasteiger partial charge is 0.496 e. The highest BCUT2D eigenvalue weighted by molar-refractivity contribution is 5.85. The third kappa shape index (κ3) is 2.56. The van der Waals surface area contributed by atoms with Gasteiger partial charge in [-0.25, -0.2) is 0 Å². The molecule has 0 amide bonds. The molecule has 0 aliphatic carbocycles. The lowest BCUT2D eigenvalue weighted by Crippen LogP contribution is -2.25. The normalized spacial score (nSPS) is 10.6. The highest BCUT2D eigenvalue weighted by Gasteiger charge is 2.32. The summed E-state index contributed by atoms with van der Waals surface area (Å²) in [5, 5.41) is 0. The molecule has 80 valence electrons. The fourth-order valence-corrected chi connectivity index (χ4v) is 1.06. The van der Waals surface area contributed by atoms with Gasteiger partial charge in [0.15, 0.2) is 0 Å². The zero-order valence-corrected chi connectivity index (χ0v) is 8.48. The Hall–Kier alpha value is -0.870. The minimum atomic E-state index is -3.02. The highest BCUT2D eigenvalue weighted by Crippen LogP contribution is 2.33. The second-order valence-electron chi connectivity index (χ2n) is 2.61. The quantitative estimate of drug-likeness (QED) is 0.853. The molecule has 2 nitrogen and oxygen atoms in total. The van der Waals surface area contributed by atoms with Crippen LogP contribution in [0.5, 0.6) is 5.75 Å². The van der Waals surface area contributed by atoms with Crippen molar-refractivity contribution >= 4 is 12.4 Å². The molecule has 0 bridgehead atoms. The van der Waals surface area contributed by atoms with Gasteiger partial charge in [-0.2, -0.15) is 8.78 Å². The lowest BCUT2D eigenvalue weighted by Gasteiger charge is -2.16. The van der Waals surface area contributed by atoms with Crippen LogP contribution in [-0.4, -0.2) is 13.7 Å². The number of halogens is 3. The molecule has 0 radical (unpaired) electrons. The molecule has 0 spiro atoms. The maximum absolute atomic E-state index is 13.1. The molecular weight excluding hydrogens is 212 g/mol. The van der Waals surface area contributed by atoms with Crippen molar-refractivity contribution in [3.05, 3.63) is 29.8 Å². The first kappa shape index (κ1) is 13.1. The number of benzene rings is 1. The van der Waals surface area contributed by atoms with Gasteiger partial charge < -0.3 is 10.5 Å². The van der Waals surface area contributed by atoms with Crippen molar-refractivity contribution in [2.45, 2.75) is 5.92 Å². The van der Waals surface area contributed by atoms with Crippen molar-refractivity contribution in [2.75, 3.05) is 13.7 Å². The van der Waals surface area contributed by atoms with Crippen LogP contribution in [-0.2, 0) is 5.92 Å². The predicted octanol–water partition coefficient (Wildman–Crippen LogP) is 2.17. The molecule has 0 atom stereocenters. The summed E-state index contributed by atoms with van der Waals surface area (Å²) in [5.74, 6) is -2.86. The fraction of sp³-hybridized carbons (Fsp3) is 0.333. The Morgan fingerprint density at radius 1 is 1.36 bits per heavy atom. The van der Waals surface area contributed by atoms with Gasteiger partial charge in [0.25, 0.3) is 5.92 Å². The number of hydrogen-bond donors (Lipinski definition) is 1. The van der Waals surface area contributed by atoms with E-state index in [2.05, 4.69) is 0 Å². The molecule has 1 rings (SSSR count). The lowest BCUT2D eigenvalue weighted by atomic mass is 10.1.